The molecule has 1 N–H and O–H groups in total. The van der Waals surface area contributed by atoms with Crippen LogP contribution in [0.25, 0.3) is 22.2 Å². The molecule has 6 heteroatoms. The number of fused-ring (bicyclic) bond motifs is 2. The van der Waals surface area contributed by atoms with Crippen LogP contribution < -0.4 is 10.1 Å². The fraction of sp³-hybridized carbons (Fsp3) is 0.217. The average molecular weight is 387 g/mol. The van der Waals surface area contributed by atoms with Gasteiger partial charge in [0.2, 0.25) is 0 Å². The monoisotopic (exact) mass is 387 g/mol. The molecular formula is C23H21N3O3. The molecular weight excluding hydrogens is 366 g/mol. The van der Waals surface area contributed by atoms with Crippen LogP contribution in [0.2, 0.25) is 0 Å². The van der Waals surface area contributed by atoms with E-state index >= 15 is 0 Å². The van der Waals surface area contributed by atoms with Gasteiger partial charge in [-0.05, 0) is 31.0 Å². The quantitative estimate of drug-likeness (QED) is 0.541. The van der Waals surface area contributed by atoms with E-state index in [1.165, 1.54) is 12.8 Å². The maximum atomic E-state index is 12.9. The van der Waals surface area contributed by atoms with Gasteiger partial charge in [0.05, 0.1) is 18.5 Å². The third-order valence-electron chi connectivity index (χ3n) is 5.31. The average Bonchev–Trinajstić information content (AvgIpc) is 3.38. The summed E-state index contributed by atoms with van der Waals surface area (Å²) in [5, 5.41) is 3.81. The Labute approximate surface area is 168 Å². The second-order valence-corrected chi connectivity index (χ2v) is 7.18. The molecule has 0 aliphatic carbocycles. The van der Waals surface area contributed by atoms with Crippen molar-refractivity contribution < 1.29 is 13.9 Å². The molecule has 2 aromatic heterocycles. The topological polar surface area (TPSA) is 69.3 Å². The van der Waals surface area contributed by atoms with Gasteiger partial charge in [0.1, 0.15) is 5.82 Å². The van der Waals surface area contributed by atoms with Crippen molar-refractivity contribution in [3.8, 4) is 17.0 Å². The van der Waals surface area contributed by atoms with Crippen LogP contribution in [0.4, 0.5) is 5.69 Å². The minimum atomic E-state index is -0.306. The van der Waals surface area contributed by atoms with E-state index in [1.54, 1.807) is 13.2 Å². The minimum absolute atomic E-state index is 0.239. The summed E-state index contributed by atoms with van der Waals surface area (Å²) in [6.45, 7) is 0.998. The zero-order chi connectivity index (χ0) is 19.8. The number of nitrogens with one attached hydrogen (secondary N) is 1. The van der Waals surface area contributed by atoms with E-state index in [9.17, 15) is 4.79 Å². The maximum absolute atomic E-state index is 12.9. The number of furan rings is 1. The Balaban J connectivity index is 1.47. The van der Waals surface area contributed by atoms with Gasteiger partial charge in [-0.1, -0.05) is 30.3 Å². The number of aryl methyl sites for hydroxylation is 2. The van der Waals surface area contributed by atoms with Gasteiger partial charge in [-0.15, -0.1) is 0 Å². The summed E-state index contributed by atoms with van der Waals surface area (Å²) < 4.78 is 13.3. The van der Waals surface area contributed by atoms with Gasteiger partial charge in [0.25, 0.3) is 5.91 Å². The van der Waals surface area contributed by atoms with Crippen molar-refractivity contribution in [2.75, 3.05) is 12.4 Å². The van der Waals surface area contributed by atoms with Crippen molar-refractivity contribution in [3.05, 3.63) is 66.3 Å². The van der Waals surface area contributed by atoms with Crippen LogP contribution in [0.5, 0.6) is 5.75 Å². The number of amides is 1. The zero-order valence-electron chi connectivity index (χ0n) is 16.1. The lowest BCUT2D eigenvalue weighted by atomic mass is 10.1. The number of nitrogens with zero attached hydrogens (tertiary/aromatic N) is 2. The number of hydrogen-bond acceptors (Lipinski definition) is 4. The highest BCUT2D eigenvalue weighted by molar-refractivity contribution is 6.06. The van der Waals surface area contributed by atoms with Crippen molar-refractivity contribution >= 4 is 22.6 Å². The standard InChI is InChI=1S/C23H21N3O3/c1-28-19-10-6-7-15-13-20(29-22(15)19)23(27)25-17-9-3-2-8-16(17)18-14-26-12-5-4-11-21(26)24-18/h2-3,6-10,13-14H,4-5,11-12H2,1H3,(H,25,27). The van der Waals surface area contributed by atoms with E-state index in [0.29, 0.717) is 17.0 Å². The highest BCUT2D eigenvalue weighted by Crippen LogP contribution is 2.31. The molecule has 6 nitrogen and oxygen atoms in total. The van der Waals surface area contributed by atoms with Gasteiger partial charge in [0, 0.05) is 30.1 Å². The Hall–Kier alpha value is -3.54. The maximum Gasteiger partial charge on any atom is 0.291 e. The van der Waals surface area contributed by atoms with Gasteiger partial charge in [-0.25, -0.2) is 4.98 Å². The van der Waals surface area contributed by atoms with E-state index in [1.807, 2.05) is 42.5 Å². The summed E-state index contributed by atoms with van der Waals surface area (Å²) in [5.41, 5.74) is 3.05. The van der Waals surface area contributed by atoms with Gasteiger partial charge >= 0.3 is 0 Å². The lowest BCUT2D eigenvalue weighted by Gasteiger charge is -2.11. The first-order chi connectivity index (χ1) is 14.2. The number of hydrogen-bond donors (Lipinski definition) is 1. The third-order valence-corrected chi connectivity index (χ3v) is 5.31. The number of rotatable bonds is 4. The van der Waals surface area contributed by atoms with E-state index in [2.05, 4.69) is 16.1 Å². The van der Waals surface area contributed by atoms with Crippen LogP contribution in [-0.4, -0.2) is 22.6 Å². The molecule has 0 fully saturated rings. The Morgan fingerprint density at radius 2 is 2.07 bits per heavy atom. The smallest absolute Gasteiger partial charge is 0.291 e. The number of benzene rings is 2. The Morgan fingerprint density at radius 1 is 1.17 bits per heavy atom. The first-order valence-electron chi connectivity index (χ1n) is 9.76. The zero-order valence-corrected chi connectivity index (χ0v) is 16.1. The summed E-state index contributed by atoms with van der Waals surface area (Å²) in [7, 11) is 1.58. The number of para-hydroxylation sites is 2. The first-order valence-corrected chi connectivity index (χ1v) is 9.76. The highest BCUT2D eigenvalue weighted by atomic mass is 16.5. The number of aromatic nitrogens is 2. The highest BCUT2D eigenvalue weighted by Gasteiger charge is 2.19. The number of anilines is 1. The van der Waals surface area contributed by atoms with Crippen LogP contribution in [0.15, 0.2) is 59.1 Å². The number of ether oxygens (including phenoxy) is 1. The molecule has 0 unspecified atom stereocenters. The number of imidazole rings is 1. The molecule has 1 amide bonds. The van der Waals surface area contributed by atoms with Crippen molar-refractivity contribution in [1.29, 1.82) is 0 Å². The van der Waals surface area contributed by atoms with Crippen molar-refractivity contribution in [3.63, 3.8) is 0 Å². The summed E-state index contributed by atoms with van der Waals surface area (Å²) in [6, 6.07) is 15.0. The van der Waals surface area contributed by atoms with Crippen LogP contribution in [0.1, 0.15) is 29.2 Å². The summed E-state index contributed by atoms with van der Waals surface area (Å²) >= 11 is 0. The van der Waals surface area contributed by atoms with Crippen LogP contribution in [0.3, 0.4) is 0 Å². The lowest BCUT2D eigenvalue weighted by Crippen LogP contribution is -2.11. The predicted molar refractivity (Wildman–Crippen MR) is 111 cm³/mol. The van der Waals surface area contributed by atoms with Crippen molar-refractivity contribution in [2.45, 2.75) is 25.8 Å². The fourth-order valence-electron chi connectivity index (χ4n) is 3.85. The van der Waals surface area contributed by atoms with Crippen molar-refractivity contribution in [2.24, 2.45) is 0 Å². The van der Waals surface area contributed by atoms with E-state index in [0.717, 1.165) is 35.4 Å². The molecule has 4 aromatic rings. The van der Waals surface area contributed by atoms with Gasteiger partial charge < -0.3 is 19.0 Å². The number of carbonyl (C=O) groups is 1. The normalized spacial score (nSPS) is 13.3. The summed E-state index contributed by atoms with van der Waals surface area (Å²) in [5.74, 6) is 1.64. The van der Waals surface area contributed by atoms with Crippen LogP contribution >= 0.6 is 0 Å². The van der Waals surface area contributed by atoms with Gasteiger partial charge in [-0.2, -0.15) is 0 Å². The molecule has 0 saturated carbocycles. The predicted octanol–water partition coefficient (Wildman–Crippen LogP) is 4.89. The van der Waals surface area contributed by atoms with Gasteiger partial charge in [-0.3, -0.25) is 4.79 Å². The Morgan fingerprint density at radius 3 is 2.93 bits per heavy atom. The van der Waals surface area contributed by atoms with Crippen molar-refractivity contribution in [1.82, 2.24) is 9.55 Å². The molecule has 1 aliphatic rings. The van der Waals surface area contributed by atoms with Gasteiger partial charge in [0.15, 0.2) is 17.1 Å². The number of carbonyl (C=O) groups excluding carboxylic acids is 1. The van der Waals surface area contributed by atoms with Crippen LogP contribution in [-0.2, 0) is 13.0 Å². The molecule has 29 heavy (non-hydrogen) atoms. The summed E-state index contributed by atoms with van der Waals surface area (Å²) in [4.78, 5) is 17.7. The molecule has 0 radical (unpaired) electrons. The van der Waals surface area contributed by atoms with Crippen LogP contribution in [0, 0.1) is 0 Å². The molecule has 1 aliphatic heterocycles. The second-order valence-electron chi connectivity index (χ2n) is 7.18. The van der Waals surface area contributed by atoms with E-state index in [4.69, 9.17) is 14.1 Å². The van der Waals surface area contributed by atoms with E-state index < -0.39 is 0 Å². The molecule has 146 valence electrons. The lowest BCUT2D eigenvalue weighted by molar-refractivity contribution is 0.0998. The fourth-order valence-corrected chi connectivity index (χ4v) is 3.85. The molecule has 0 spiro atoms. The first kappa shape index (κ1) is 17.6. The van der Waals surface area contributed by atoms with E-state index in [-0.39, 0.29) is 11.7 Å². The third kappa shape index (κ3) is 3.16. The molecule has 0 bridgehead atoms. The number of methoxy groups -OCH3 is 1. The largest absolute Gasteiger partial charge is 0.493 e. The molecule has 5 rings (SSSR count). The molecule has 2 aromatic carbocycles. The summed E-state index contributed by atoms with van der Waals surface area (Å²) in [6.07, 6.45) is 5.42. The Bertz CT molecular complexity index is 1180. The molecule has 0 atom stereocenters. The molecule has 3 heterocycles. The molecule has 0 saturated heterocycles. The Kier molecular flexibility index (Phi) is 4.31. The minimum Gasteiger partial charge on any atom is -0.493 e. The second kappa shape index (κ2) is 7.13. The SMILES string of the molecule is COc1cccc2cc(C(=O)Nc3ccccc3-c3cn4c(n3)CCCC4)oc12.